The van der Waals surface area contributed by atoms with Crippen molar-refractivity contribution in [1.82, 2.24) is 9.29 Å². The van der Waals surface area contributed by atoms with Gasteiger partial charge in [0.25, 0.3) is 0 Å². The number of benzene rings is 1. The summed E-state index contributed by atoms with van der Waals surface area (Å²) in [6.07, 6.45) is 4.12. The van der Waals surface area contributed by atoms with E-state index in [4.69, 9.17) is 28.2 Å². The summed E-state index contributed by atoms with van der Waals surface area (Å²) in [7, 11) is -3.75. The largest absolute Gasteiger partial charge is 0.353 e. The van der Waals surface area contributed by atoms with Gasteiger partial charge in [0.15, 0.2) is 0 Å². The molecule has 0 unspecified atom stereocenters. The number of halogens is 2. The molecule has 152 valence electrons. The third kappa shape index (κ3) is 3.95. The highest BCUT2D eigenvalue weighted by molar-refractivity contribution is 7.89. The van der Waals surface area contributed by atoms with E-state index in [9.17, 15) is 13.7 Å². The van der Waals surface area contributed by atoms with Gasteiger partial charge < -0.3 is 4.90 Å². The van der Waals surface area contributed by atoms with Gasteiger partial charge in [0.2, 0.25) is 10.0 Å². The van der Waals surface area contributed by atoms with Crippen molar-refractivity contribution >= 4 is 39.0 Å². The quantitative estimate of drug-likeness (QED) is 0.712. The maximum atomic E-state index is 13.0. The van der Waals surface area contributed by atoms with Crippen molar-refractivity contribution in [3.05, 3.63) is 51.1 Å². The molecule has 1 aromatic carbocycles. The molecular weight excluding hydrogens is 431 g/mol. The van der Waals surface area contributed by atoms with Crippen LogP contribution in [-0.4, -0.2) is 43.9 Å². The predicted octanol–water partition coefficient (Wildman–Crippen LogP) is 3.65. The highest BCUT2D eigenvalue weighted by Crippen LogP contribution is 2.30. The molecule has 29 heavy (non-hydrogen) atoms. The molecule has 2 aromatic rings. The number of piperazine rings is 1. The number of aryl methyl sites for hydroxylation is 2. The molecule has 0 amide bonds. The molecule has 0 spiro atoms. The van der Waals surface area contributed by atoms with Crippen LogP contribution in [0.3, 0.4) is 0 Å². The summed E-state index contributed by atoms with van der Waals surface area (Å²) >= 11 is 12.1. The lowest BCUT2D eigenvalue weighted by Gasteiger charge is -2.35. The molecule has 1 fully saturated rings. The van der Waals surface area contributed by atoms with E-state index in [1.54, 1.807) is 6.07 Å². The number of rotatable bonds is 3. The number of pyridine rings is 1. The first-order valence-electron chi connectivity index (χ1n) is 9.53. The fourth-order valence-electron chi connectivity index (χ4n) is 3.90. The van der Waals surface area contributed by atoms with Gasteiger partial charge in [-0.25, -0.2) is 13.4 Å². The molecule has 0 atom stereocenters. The SMILES string of the molecule is N#Cc1cc2c(nc1N1CCN(S(=O)(=O)c3cc(Cl)ccc3Cl)CC1)CCCC2. The van der Waals surface area contributed by atoms with Crippen molar-refractivity contribution in [3.8, 4) is 6.07 Å². The van der Waals surface area contributed by atoms with Crippen LogP contribution < -0.4 is 4.90 Å². The molecule has 2 heterocycles. The van der Waals surface area contributed by atoms with Crippen molar-refractivity contribution in [2.24, 2.45) is 0 Å². The Morgan fingerprint density at radius 3 is 2.48 bits per heavy atom. The van der Waals surface area contributed by atoms with Gasteiger partial charge in [-0.2, -0.15) is 9.57 Å². The molecule has 4 rings (SSSR count). The Labute approximate surface area is 180 Å². The van der Waals surface area contributed by atoms with Crippen LogP contribution in [-0.2, 0) is 22.9 Å². The average Bonchev–Trinajstić information content (AvgIpc) is 2.74. The lowest BCUT2D eigenvalue weighted by molar-refractivity contribution is 0.383. The monoisotopic (exact) mass is 450 g/mol. The molecule has 9 heteroatoms. The van der Waals surface area contributed by atoms with Crippen LogP contribution in [0.4, 0.5) is 5.82 Å². The summed E-state index contributed by atoms with van der Waals surface area (Å²) in [5.41, 5.74) is 2.78. The first-order valence-corrected chi connectivity index (χ1v) is 11.7. The van der Waals surface area contributed by atoms with Crippen molar-refractivity contribution < 1.29 is 8.42 Å². The van der Waals surface area contributed by atoms with Crippen molar-refractivity contribution in [2.75, 3.05) is 31.1 Å². The topological polar surface area (TPSA) is 77.3 Å². The number of hydrogen-bond acceptors (Lipinski definition) is 5. The van der Waals surface area contributed by atoms with E-state index in [1.807, 2.05) is 11.0 Å². The third-order valence-corrected chi connectivity index (χ3v) is 8.07. The van der Waals surface area contributed by atoms with Crippen molar-refractivity contribution in [2.45, 2.75) is 30.6 Å². The van der Waals surface area contributed by atoms with Gasteiger partial charge in [0, 0.05) is 36.9 Å². The average molecular weight is 451 g/mol. The third-order valence-electron chi connectivity index (χ3n) is 5.45. The Balaban J connectivity index is 1.56. The lowest BCUT2D eigenvalue weighted by atomic mass is 9.95. The fraction of sp³-hybridized carbons (Fsp3) is 0.400. The summed E-state index contributed by atoms with van der Waals surface area (Å²) in [5.74, 6) is 0.658. The van der Waals surface area contributed by atoms with Crippen LogP contribution in [0.25, 0.3) is 0 Å². The predicted molar refractivity (Wildman–Crippen MR) is 113 cm³/mol. The molecule has 1 aromatic heterocycles. The van der Waals surface area contributed by atoms with Gasteiger partial charge >= 0.3 is 0 Å². The Morgan fingerprint density at radius 2 is 1.76 bits per heavy atom. The summed E-state index contributed by atoms with van der Waals surface area (Å²) in [4.78, 5) is 6.79. The molecule has 0 saturated carbocycles. The standard InChI is InChI=1S/C20H20Cl2N4O2S/c21-16-5-6-17(22)19(12-16)29(27,28)26-9-7-25(8-10-26)20-15(13-23)11-14-3-1-2-4-18(14)24-20/h5-6,11-12H,1-4,7-10H2. The lowest BCUT2D eigenvalue weighted by Crippen LogP contribution is -2.49. The first-order chi connectivity index (χ1) is 13.9. The molecular formula is C20H20Cl2N4O2S. The summed E-state index contributed by atoms with van der Waals surface area (Å²) in [6.45, 7) is 1.49. The Hall–Kier alpha value is -1.85. The van der Waals surface area contributed by atoms with E-state index < -0.39 is 10.0 Å². The van der Waals surface area contributed by atoms with Gasteiger partial charge in [0.1, 0.15) is 16.8 Å². The van der Waals surface area contributed by atoms with Gasteiger partial charge in [0.05, 0.1) is 10.6 Å². The van der Waals surface area contributed by atoms with Crippen LogP contribution in [0.5, 0.6) is 0 Å². The second-order valence-corrected chi connectivity index (χ2v) is 10.0. The van der Waals surface area contributed by atoms with Crippen molar-refractivity contribution in [3.63, 3.8) is 0 Å². The molecule has 1 saturated heterocycles. The maximum absolute atomic E-state index is 13.0. The second-order valence-electron chi connectivity index (χ2n) is 7.25. The van der Waals surface area contributed by atoms with Gasteiger partial charge in [-0.3, -0.25) is 0 Å². The minimum Gasteiger partial charge on any atom is -0.353 e. The van der Waals surface area contributed by atoms with E-state index in [1.165, 1.54) is 16.4 Å². The summed E-state index contributed by atoms with van der Waals surface area (Å²) in [5, 5.41) is 10.1. The molecule has 6 nitrogen and oxygen atoms in total. The Morgan fingerprint density at radius 1 is 1.03 bits per heavy atom. The number of nitriles is 1. The Kier molecular flexibility index (Phi) is 5.71. The van der Waals surface area contributed by atoms with Crippen LogP contribution in [0.15, 0.2) is 29.2 Å². The van der Waals surface area contributed by atoms with Crippen LogP contribution >= 0.6 is 23.2 Å². The van der Waals surface area contributed by atoms with E-state index in [0.717, 1.165) is 36.9 Å². The normalized spacial score (nSPS) is 17.6. The van der Waals surface area contributed by atoms with Crippen LogP contribution in [0.1, 0.15) is 29.7 Å². The zero-order valence-corrected chi connectivity index (χ0v) is 18.1. The smallest absolute Gasteiger partial charge is 0.244 e. The number of aromatic nitrogens is 1. The molecule has 0 N–H and O–H groups in total. The minimum absolute atomic E-state index is 0.0183. The molecule has 2 aliphatic rings. The number of anilines is 1. The van der Waals surface area contributed by atoms with E-state index in [2.05, 4.69) is 6.07 Å². The van der Waals surface area contributed by atoms with E-state index in [-0.39, 0.29) is 23.0 Å². The summed E-state index contributed by atoms with van der Waals surface area (Å²) < 4.78 is 27.4. The minimum atomic E-state index is -3.75. The highest BCUT2D eigenvalue weighted by atomic mass is 35.5. The zero-order valence-electron chi connectivity index (χ0n) is 15.7. The molecule has 1 aliphatic heterocycles. The van der Waals surface area contributed by atoms with E-state index >= 15 is 0 Å². The van der Waals surface area contributed by atoms with Crippen LogP contribution in [0, 0.1) is 11.3 Å². The zero-order chi connectivity index (χ0) is 20.6. The Bertz CT molecular complexity index is 1090. The molecule has 0 bridgehead atoms. The molecule has 1 aliphatic carbocycles. The number of sulfonamides is 1. The highest BCUT2D eigenvalue weighted by Gasteiger charge is 2.31. The molecule has 0 radical (unpaired) electrons. The van der Waals surface area contributed by atoms with Gasteiger partial charge in [-0.05, 0) is 55.5 Å². The number of hydrogen-bond donors (Lipinski definition) is 0. The summed E-state index contributed by atoms with van der Waals surface area (Å²) in [6, 6.07) is 8.64. The van der Waals surface area contributed by atoms with Crippen molar-refractivity contribution in [1.29, 1.82) is 5.26 Å². The van der Waals surface area contributed by atoms with Gasteiger partial charge in [-0.15, -0.1) is 0 Å². The van der Waals surface area contributed by atoms with Crippen LogP contribution in [0.2, 0.25) is 10.0 Å². The van der Waals surface area contributed by atoms with E-state index in [0.29, 0.717) is 29.5 Å². The fourth-order valence-corrected chi connectivity index (χ4v) is 6.06. The van der Waals surface area contributed by atoms with Gasteiger partial charge in [-0.1, -0.05) is 23.2 Å². The first kappa shape index (κ1) is 20.4. The number of nitrogens with zero attached hydrogens (tertiary/aromatic N) is 4. The maximum Gasteiger partial charge on any atom is 0.244 e. The number of fused-ring (bicyclic) bond motifs is 1. The second kappa shape index (κ2) is 8.11.